The second-order valence-electron chi connectivity index (χ2n) is 8.41. The van der Waals surface area contributed by atoms with Crippen molar-refractivity contribution in [2.45, 2.75) is 122 Å². The van der Waals surface area contributed by atoms with E-state index < -0.39 is 35.2 Å². The molecule has 7 nitrogen and oxygen atoms in total. The van der Waals surface area contributed by atoms with Gasteiger partial charge in [0.15, 0.2) is 17.7 Å². The molecule has 0 aromatic rings. The molecule has 0 aliphatic rings. The van der Waals surface area contributed by atoms with E-state index in [1.807, 2.05) is 0 Å². The minimum Gasteiger partial charge on any atom is -0.391 e. The Balaban J connectivity index is 3.84. The molecule has 1 unspecified atom stereocenters. The van der Waals surface area contributed by atoms with E-state index in [0.29, 0.717) is 6.42 Å². The van der Waals surface area contributed by atoms with Crippen LogP contribution in [0.25, 0.3) is 0 Å². The first-order valence-corrected chi connectivity index (χ1v) is 12.0. The molecule has 0 aliphatic carbocycles. The van der Waals surface area contributed by atoms with Gasteiger partial charge in [0, 0.05) is 6.42 Å². The van der Waals surface area contributed by atoms with E-state index >= 15 is 0 Å². The molecule has 0 rings (SSSR count). The van der Waals surface area contributed by atoms with Crippen molar-refractivity contribution in [2.24, 2.45) is 0 Å². The first-order chi connectivity index (χ1) is 15.2. The third kappa shape index (κ3) is 12.2. The first kappa shape index (κ1) is 30.1. The summed E-state index contributed by atoms with van der Waals surface area (Å²) in [6.45, 7) is 3.96. The van der Waals surface area contributed by atoms with Gasteiger partial charge in [-0.25, -0.2) is 4.79 Å². The molecule has 0 saturated heterocycles. The maximum atomic E-state index is 11.8. The summed E-state index contributed by atoms with van der Waals surface area (Å²) in [6.07, 6.45) is 16.6. The van der Waals surface area contributed by atoms with Crippen LogP contribution < -0.4 is 0 Å². The summed E-state index contributed by atoms with van der Waals surface area (Å²) in [5.41, 5.74) is -2.90. The van der Waals surface area contributed by atoms with Crippen LogP contribution >= 0.6 is 0 Å². The van der Waals surface area contributed by atoms with E-state index in [2.05, 4.69) is 23.8 Å². The predicted molar refractivity (Wildman–Crippen MR) is 123 cm³/mol. The molecular weight excluding hydrogens is 412 g/mol. The Bertz CT molecular complexity index is 595. The topological polar surface area (TPSA) is 118 Å². The van der Waals surface area contributed by atoms with Gasteiger partial charge in [0.25, 0.3) is 0 Å². The zero-order valence-corrected chi connectivity index (χ0v) is 20.1. The number of aliphatic hydroxyl groups excluding tert-OH is 1. The molecule has 0 amide bonds. The molecule has 0 heterocycles. The van der Waals surface area contributed by atoms with Gasteiger partial charge >= 0.3 is 11.9 Å². The van der Waals surface area contributed by atoms with Gasteiger partial charge in [0.1, 0.15) is 0 Å². The van der Waals surface area contributed by atoms with Gasteiger partial charge in [-0.15, -0.1) is 0 Å². The monoisotopic (exact) mass is 454 g/mol. The standard InChI is InChI=1S/C25H42O7/c1-4-5-6-7-8-9-10-11-12-13-14-15-16-17-18-19-22(28)32-24(30)23(29)25(31,20(2)26)21(3)27/h11-12,23,29,31H,4-10,13-19H2,1-3H3/b12-11-. The van der Waals surface area contributed by atoms with E-state index in [-0.39, 0.29) is 6.42 Å². The van der Waals surface area contributed by atoms with Crippen molar-refractivity contribution >= 4 is 23.5 Å². The number of hydrogen-bond acceptors (Lipinski definition) is 7. The third-order valence-corrected chi connectivity index (χ3v) is 5.55. The summed E-state index contributed by atoms with van der Waals surface area (Å²) in [4.78, 5) is 46.4. The normalized spacial score (nSPS) is 12.7. The number of carbonyl (C=O) groups excluding carboxylic acids is 4. The number of ether oxygens (including phenoxy) is 1. The lowest BCUT2D eigenvalue weighted by Gasteiger charge is -2.25. The fraction of sp³-hybridized carbons (Fsp3) is 0.760. The molecule has 0 saturated carbocycles. The highest BCUT2D eigenvalue weighted by molar-refractivity contribution is 6.12. The smallest absolute Gasteiger partial charge is 0.346 e. The highest BCUT2D eigenvalue weighted by atomic mass is 16.6. The molecule has 0 aromatic heterocycles. The average molecular weight is 455 g/mol. The summed E-state index contributed by atoms with van der Waals surface area (Å²) in [7, 11) is 0. The molecule has 184 valence electrons. The van der Waals surface area contributed by atoms with Gasteiger partial charge in [-0.3, -0.25) is 14.4 Å². The third-order valence-electron chi connectivity index (χ3n) is 5.55. The van der Waals surface area contributed by atoms with Gasteiger partial charge < -0.3 is 14.9 Å². The largest absolute Gasteiger partial charge is 0.391 e. The molecule has 0 fully saturated rings. The maximum absolute atomic E-state index is 11.8. The maximum Gasteiger partial charge on any atom is 0.346 e. The van der Waals surface area contributed by atoms with Crippen LogP contribution in [0.3, 0.4) is 0 Å². The minimum absolute atomic E-state index is 0.0187. The fourth-order valence-corrected chi connectivity index (χ4v) is 3.36. The second-order valence-corrected chi connectivity index (χ2v) is 8.41. The summed E-state index contributed by atoms with van der Waals surface area (Å²) >= 11 is 0. The van der Waals surface area contributed by atoms with Crippen molar-refractivity contribution in [3.63, 3.8) is 0 Å². The van der Waals surface area contributed by atoms with Crippen LogP contribution in [0.1, 0.15) is 111 Å². The van der Waals surface area contributed by atoms with E-state index in [1.54, 1.807) is 0 Å². The number of Topliss-reactive ketones (excluding diaryl/α,β-unsaturated/α-hetero) is 2. The number of allylic oxidation sites excluding steroid dienone is 2. The number of rotatable bonds is 19. The number of esters is 2. The van der Waals surface area contributed by atoms with E-state index in [4.69, 9.17) is 0 Å². The van der Waals surface area contributed by atoms with Crippen molar-refractivity contribution < 1.29 is 34.1 Å². The lowest BCUT2D eigenvalue weighted by Crippen LogP contribution is -2.57. The lowest BCUT2D eigenvalue weighted by atomic mass is 9.88. The van der Waals surface area contributed by atoms with Crippen LogP contribution in [0.2, 0.25) is 0 Å². The molecule has 0 bridgehead atoms. The number of hydrogen-bond donors (Lipinski definition) is 2. The highest BCUT2D eigenvalue weighted by Gasteiger charge is 2.50. The van der Waals surface area contributed by atoms with Crippen LogP contribution in [-0.2, 0) is 23.9 Å². The van der Waals surface area contributed by atoms with E-state index in [0.717, 1.165) is 52.4 Å². The van der Waals surface area contributed by atoms with Crippen LogP contribution in [0.5, 0.6) is 0 Å². The Kier molecular flexibility index (Phi) is 16.6. The predicted octanol–water partition coefficient (Wildman–Crippen LogP) is 4.36. The summed E-state index contributed by atoms with van der Waals surface area (Å²) in [5.74, 6) is -4.56. The first-order valence-electron chi connectivity index (χ1n) is 12.0. The molecule has 32 heavy (non-hydrogen) atoms. The zero-order chi connectivity index (χ0) is 24.4. The van der Waals surface area contributed by atoms with Crippen molar-refractivity contribution in [2.75, 3.05) is 0 Å². The number of ketones is 2. The van der Waals surface area contributed by atoms with Crippen molar-refractivity contribution in [3.8, 4) is 0 Å². The van der Waals surface area contributed by atoms with E-state index in [9.17, 15) is 29.4 Å². The molecule has 1 atom stereocenters. The molecule has 7 heteroatoms. The second kappa shape index (κ2) is 17.7. The highest BCUT2D eigenvalue weighted by Crippen LogP contribution is 2.16. The van der Waals surface area contributed by atoms with Crippen molar-refractivity contribution in [3.05, 3.63) is 12.2 Å². The van der Waals surface area contributed by atoms with Crippen molar-refractivity contribution in [1.29, 1.82) is 0 Å². The average Bonchev–Trinajstić information content (AvgIpc) is 2.74. The van der Waals surface area contributed by atoms with Gasteiger partial charge in [-0.2, -0.15) is 0 Å². The van der Waals surface area contributed by atoms with Gasteiger partial charge in [0.05, 0.1) is 0 Å². The molecular formula is C25H42O7. The number of carbonyl (C=O) groups is 4. The SMILES string of the molecule is CCCCCCCC/C=C\CCCCCCCC(=O)OC(=O)C(O)C(O)(C(C)=O)C(C)=O. The Morgan fingerprint density at radius 3 is 1.69 bits per heavy atom. The Labute approximate surface area is 192 Å². The van der Waals surface area contributed by atoms with Gasteiger partial charge in [0.2, 0.25) is 5.60 Å². The Morgan fingerprint density at radius 1 is 0.781 bits per heavy atom. The van der Waals surface area contributed by atoms with E-state index in [1.165, 1.54) is 38.5 Å². The number of aliphatic hydroxyl groups is 2. The Morgan fingerprint density at radius 2 is 1.22 bits per heavy atom. The molecule has 2 N–H and O–H groups in total. The van der Waals surface area contributed by atoms with Crippen LogP contribution in [-0.4, -0.2) is 45.4 Å². The van der Waals surface area contributed by atoms with Crippen LogP contribution in [0.4, 0.5) is 0 Å². The molecule has 0 radical (unpaired) electrons. The fourth-order valence-electron chi connectivity index (χ4n) is 3.36. The molecule has 0 aromatic carbocycles. The summed E-state index contributed by atoms with van der Waals surface area (Å²) in [6, 6.07) is 0. The lowest BCUT2D eigenvalue weighted by molar-refractivity contribution is -0.182. The Hall–Kier alpha value is -1.86. The molecule has 0 aliphatic heterocycles. The quantitative estimate of drug-likeness (QED) is 0.129. The number of unbranched alkanes of at least 4 members (excludes halogenated alkanes) is 11. The summed E-state index contributed by atoms with van der Waals surface area (Å²) < 4.78 is 4.48. The molecule has 0 spiro atoms. The van der Waals surface area contributed by atoms with Gasteiger partial charge in [-0.05, 0) is 46.0 Å². The zero-order valence-electron chi connectivity index (χ0n) is 20.1. The van der Waals surface area contributed by atoms with Crippen molar-refractivity contribution in [1.82, 2.24) is 0 Å². The summed E-state index contributed by atoms with van der Waals surface area (Å²) in [5, 5.41) is 19.8. The van der Waals surface area contributed by atoms with Crippen LogP contribution in [0, 0.1) is 0 Å². The minimum atomic E-state index is -2.90. The van der Waals surface area contributed by atoms with Crippen LogP contribution in [0.15, 0.2) is 12.2 Å². The van der Waals surface area contributed by atoms with Gasteiger partial charge in [-0.1, -0.05) is 70.4 Å².